The van der Waals surface area contributed by atoms with Gasteiger partial charge in [0, 0.05) is 12.2 Å². The van der Waals surface area contributed by atoms with Gasteiger partial charge in [0.2, 0.25) is 0 Å². The minimum Gasteiger partial charge on any atom is -0.396 e. The van der Waals surface area contributed by atoms with Crippen LogP contribution in [-0.2, 0) is 0 Å². The molecular formula is C11H17N3S. The summed E-state index contributed by atoms with van der Waals surface area (Å²) in [6.45, 7) is 2.00. The van der Waals surface area contributed by atoms with Crippen molar-refractivity contribution in [3.63, 3.8) is 0 Å². The third-order valence-corrected chi connectivity index (χ3v) is 3.66. The molecule has 0 spiro atoms. The van der Waals surface area contributed by atoms with Crippen LogP contribution in [0.1, 0.15) is 18.4 Å². The quantitative estimate of drug-likeness (QED) is 0.807. The van der Waals surface area contributed by atoms with Gasteiger partial charge in [-0.15, -0.1) is 0 Å². The van der Waals surface area contributed by atoms with Crippen molar-refractivity contribution in [1.29, 1.82) is 0 Å². The fourth-order valence-electron chi connectivity index (χ4n) is 1.75. The molecule has 82 valence electrons. The first-order valence-corrected chi connectivity index (χ1v) is 6.47. The number of pyridine rings is 1. The highest BCUT2D eigenvalue weighted by molar-refractivity contribution is 7.99. The van der Waals surface area contributed by atoms with Crippen molar-refractivity contribution in [2.24, 2.45) is 0 Å². The average Bonchev–Trinajstić information content (AvgIpc) is 2.24. The molecule has 0 atom stereocenters. The summed E-state index contributed by atoms with van der Waals surface area (Å²) >= 11 is 2.02. The Kier molecular flexibility index (Phi) is 3.36. The predicted octanol–water partition coefficient (Wildman–Crippen LogP) is 2.28. The second-order valence-electron chi connectivity index (χ2n) is 3.98. The van der Waals surface area contributed by atoms with E-state index in [9.17, 15) is 0 Å². The number of nitrogens with two attached hydrogens (primary N) is 1. The highest BCUT2D eigenvalue weighted by atomic mass is 32.2. The molecule has 1 aromatic rings. The second-order valence-corrected chi connectivity index (χ2v) is 5.21. The molecule has 2 heterocycles. The van der Waals surface area contributed by atoms with Crippen LogP contribution in [-0.4, -0.2) is 22.5 Å². The molecule has 0 amide bonds. The summed E-state index contributed by atoms with van der Waals surface area (Å²) in [4.78, 5) is 4.33. The molecule has 0 aromatic carbocycles. The molecule has 1 aliphatic heterocycles. The molecule has 0 radical (unpaired) electrons. The molecule has 15 heavy (non-hydrogen) atoms. The Labute approximate surface area is 94.8 Å². The Balaban J connectivity index is 2.03. The molecule has 0 saturated carbocycles. The maximum Gasteiger partial charge on any atom is 0.149 e. The molecule has 0 bridgehead atoms. The molecule has 3 N–H and O–H groups in total. The number of nitrogen functional groups attached to an aromatic ring is 1. The van der Waals surface area contributed by atoms with Gasteiger partial charge in [0.25, 0.3) is 0 Å². The van der Waals surface area contributed by atoms with Crippen molar-refractivity contribution in [1.82, 2.24) is 4.98 Å². The molecule has 1 fully saturated rings. The number of hydrogen-bond acceptors (Lipinski definition) is 4. The number of hydrogen-bond donors (Lipinski definition) is 2. The van der Waals surface area contributed by atoms with Gasteiger partial charge in [0.05, 0.1) is 5.69 Å². The number of aryl methyl sites for hydroxylation is 1. The standard InChI is InChI=1S/C11H17N3S/c1-8-6-10(12)11(13-7-8)14-9-2-4-15-5-3-9/h6-7,9H,2-5,12H2,1H3,(H,13,14). The molecule has 2 rings (SSSR count). The van der Waals surface area contributed by atoms with Gasteiger partial charge in [-0.1, -0.05) is 0 Å². The van der Waals surface area contributed by atoms with Crippen LogP contribution >= 0.6 is 11.8 Å². The van der Waals surface area contributed by atoms with Gasteiger partial charge in [0.1, 0.15) is 5.82 Å². The SMILES string of the molecule is Cc1cnc(NC2CCSCC2)c(N)c1. The predicted molar refractivity (Wildman–Crippen MR) is 67.4 cm³/mol. The zero-order chi connectivity index (χ0) is 10.7. The topological polar surface area (TPSA) is 50.9 Å². The lowest BCUT2D eigenvalue weighted by Crippen LogP contribution is -2.25. The molecule has 1 aliphatic rings. The van der Waals surface area contributed by atoms with Crippen LogP contribution in [0.25, 0.3) is 0 Å². The Morgan fingerprint density at radius 2 is 2.20 bits per heavy atom. The van der Waals surface area contributed by atoms with Crippen molar-refractivity contribution >= 4 is 23.3 Å². The summed E-state index contributed by atoms with van der Waals surface area (Å²) in [5, 5.41) is 3.43. The number of nitrogens with zero attached hydrogens (tertiary/aromatic N) is 1. The highest BCUT2D eigenvalue weighted by Crippen LogP contribution is 2.23. The smallest absolute Gasteiger partial charge is 0.149 e. The van der Waals surface area contributed by atoms with E-state index < -0.39 is 0 Å². The Hall–Kier alpha value is -0.900. The highest BCUT2D eigenvalue weighted by Gasteiger charge is 2.14. The van der Waals surface area contributed by atoms with E-state index >= 15 is 0 Å². The van der Waals surface area contributed by atoms with Gasteiger partial charge in [-0.2, -0.15) is 11.8 Å². The average molecular weight is 223 g/mol. The van der Waals surface area contributed by atoms with Gasteiger partial charge in [-0.3, -0.25) is 0 Å². The summed E-state index contributed by atoms with van der Waals surface area (Å²) in [5.74, 6) is 3.32. The fraction of sp³-hybridized carbons (Fsp3) is 0.545. The van der Waals surface area contributed by atoms with Gasteiger partial charge in [-0.05, 0) is 42.9 Å². The van der Waals surface area contributed by atoms with Crippen LogP contribution in [0, 0.1) is 6.92 Å². The number of nitrogens with one attached hydrogen (secondary N) is 1. The maximum absolute atomic E-state index is 5.91. The van der Waals surface area contributed by atoms with Crippen LogP contribution in [0.4, 0.5) is 11.5 Å². The molecule has 0 unspecified atom stereocenters. The van der Waals surface area contributed by atoms with Gasteiger partial charge < -0.3 is 11.1 Å². The van der Waals surface area contributed by atoms with Crippen molar-refractivity contribution in [2.45, 2.75) is 25.8 Å². The number of anilines is 2. The normalized spacial score (nSPS) is 17.7. The van der Waals surface area contributed by atoms with Crippen LogP contribution in [0.2, 0.25) is 0 Å². The van der Waals surface area contributed by atoms with Crippen LogP contribution in [0.3, 0.4) is 0 Å². The van der Waals surface area contributed by atoms with E-state index in [1.54, 1.807) is 0 Å². The maximum atomic E-state index is 5.91. The molecule has 1 aromatic heterocycles. The summed E-state index contributed by atoms with van der Waals surface area (Å²) in [7, 11) is 0. The van der Waals surface area contributed by atoms with Crippen LogP contribution in [0.5, 0.6) is 0 Å². The van der Waals surface area contributed by atoms with Crippen LogP contribution in [0.15, 0.2) is 12.3 Å². The third kappa shape index (κ3) is 2.78. The fourth-order valence-corrected chi connectivity index (χ4v) is 2.85. The molecular weight excluding hydrogens is 206 g/mol. The van der Waals surface area contributed by atoms with E-state index in [4.69, 9.17) is 5.73 Å². The lowest BCUT2D eigenvalue weighted by atomic mass is 10.1. The van der Waals surface area contributed by atoms with E-state index in [0.717, 1.165) is 17.1 Å². The monoisotopic (exact) mass is 223 g/mol. The van der Waals surface area contributed by atoms with Crippen molar-refractivity contribution in [3.05, 3.63) is 17.8 Å². The number of rotatable bonds is 2. The van der Waals surface area contributed by atoms with Gasteiger partial charge in [0.15, 0.2) is 0 Å². The lowest BCUT2D eigenvalue weighted by molar-refractivity contribution is 0.664. The van der Waals surface area contributed by atoms with E-state index in [-0.39, 0.29) is 0 Å². The van der Waals surface area contributed by atoms with Gasteiger partial charge in [-0.25, -0.2) is 4.98 Å². The van der Waals surface area contributed by atoms with Crippen molar-refractivity contribution in [3.8, 4) is 0 Å². The summed E-state index contributed by atoms with van der Waals surface area (Å²) < 4.78 is 0. The Morgan fingerprint density at radius 1 is 1.47 bits per heavy atom. The van der Waals surface area contributed by atoms with E-state index in [0.29, 0.717) is 6.04 Å². The first kappa shape index (κ1) is 10.6. The molecule has 4 heteroatoms. The Bertz CT molecular complexity index is 335. The first-order valence-electron chi connectivity index (χ1n) is 5.32. The number of thioether (sulfide) groups is 1. The van der Waals surface area contributed by atoms with E-state index in [2.05, 4.69) is 10.3 Å². The molecule has 3 nitrogen and oxygen atoms in total. The largest absolute Gasteiger partial charge is 0.396 e. The minimum atomic E-state index is 0.545. The zero-order valence-electron chi connectivity index (χ0n) is 8.99. The van der Waals surface area contributed by atoms with Crippen molar-refractivity contribution in [2.75, 3.05) is 22.6 Å². The second kappa shape index (κ2) is 4.75. The summed E-state index contributed by atoms with van der Waals surface area (Å²) in [6.07, 6.45) is 4.27. The van der Waals surface area contributed by atoms with E-state index in [1.165, 1.54) is 24.3 Å². The zero-order valence-corrected chi connectivity index (χ0v) is 9.81. The van der Waals surface area contributed by atoms with Crippen LogP contribution < -0.4 is 11.1 Å². The molecule has 0 aliphatic carbocycles. The van der Waals surface area contributed by atoms with E-state index in [1.807, 2.05) is 30.9 Å². The Morgan fingerprint density at radius 3 is 2.87 bits per heavy atom. The minimum absolute atomic E-state index is 0.545. The first-order chi connectivity index (χ1) is 7.25. The number of aromatic nitrogens is 1. The summed E-state index contributed by atoms with van der Waals surface area (Å²) in [6, 6.07) is 2.51. The van der Waals surface area contributed by atoms with Gasteiger partial charge >= 0.3 is 0 Å². The third-order valence-electron chi connectivity index (χ3n) is 2.62. The molecule has 1 saturated heterocycles. The van der Waals surface area contributed by atoms with Crippen molar-refractivity contribution < 1.29 is 0 Å². The summed E-state index contributed by atoms with van der Waals surface area (Å²) in [5.41, 5.74) is 7.77. The lowest BCUT2D eigenvalue weighted by Gasteiger charge is -2.23.